The van der Waals surface area contributed by atoms with Crippen molar-refractivity contribution < 1.29 is 23.5 Å². The van der Waals surface area contributed by atoms with Crippen LogP contribution in [0.4, 0.5) is 5.69 Å². The standard InChI is InChI=1S/C22H24N2O5/c1-22(2,3)24-21(26)19-18(14-8-6-7-9-16(14)29-19)23-20(25)15-11-10-13(27-4)12-17(15)28-5/h6-12H,1-5H3,(H,23,25)(H,24,26). The Kier molecular flexibility index (Phi) is 5.50. The summed E-state index contributed by atoms with van der Waals surface area (Å²) >= 11 is 0. The van der Waals surface area contributed by atoms with Crippen LogP contribution < -0.4 is 20.1 Å². The van der Waals surface area contributed by atoms with Gasteiger partial charge in [0.1, 0.15) is 22.8 Å². The van der Waals surface area contributed by atoms with E-state index in [1.807, 2.05) is 26.8 Å². The molecule has 0 atom stereocenters. The molecule has 2 N–H and O–H groups in total. The Hall–Kier alpha value is -3.48. The molecule has 3 aromatic rings. The minimum atomic E-state index is -0.462. The molecular formula is C22H24N2O5. The number of hydrogen-bond acceptors (Lipinski definition) is 5. The molecule has 29 heavy (non-hydrogen) atoms. The second kappa shape index (κ2) is 7.87. The third kappa shape index (κ3) is 4.34. The van der Waals surface area contributed by atoms with Crippen molar-refractivity contribution in [1.29, 1.82) is 0 Å². The first-order valence-electron chi connectivity index (χ1n) is 9.11. The highest BCUT2D eigenvalue weighted by Gasteiger charge is 2.26. The van der Waals surface area contributed by atoms with Crippen molar-refractivity contribution in [2.75, 3.05) is 19.5 Å². The summed E-state index contributed by atoms with van der Waals surface area (Å²) in [4.78, 5) is 25.8. The summed E-state index contributed by atoms with van der Waals surface area (Å²) in [6, 6.07) is 12.0. The molecule has 7 nitrogen and oxygen atoms in total. The Bertz CT molecular complexity index is 1060. The highest BCUT2D eigenvalue weighted by molar-refractivity contribution is 6.15. The molecule has 1 aromatic heterocycles. The lowest BCUT2D eigenvalue weighted by molar-refractivity contribution is 0.0894. The van der Waals surface area contributed by atoms with Crippen molar-refractivity contribution in [3.63, 3.8) is 0 Å². The Morgan fingerprint density at radius 1 is 0.966 bits per heavy atom. The molecule has 0 saturated carbocycles. The minimum absolute atomic E-state index is 0.0435. The quantitative estimate of drug-likeness (QED) is 0.674. The normalized spacial score (nSPS) is 11.2. The van der Waals surface area contributed by atoms with E-state index in [0.29, 0.717) is 33.7 Å². The summed E-state index contributed by atoms with van der Waals surface area (Å²) in [6.45, 7) is 5.61. The van der Waals surface area contributed by atoms with E-state index >= 15 is 0 Å². The zero-order chi connectivity index (χ0) is 21.2. The molecule has 0 saturated heterocycles. The molecule has 0 aliphatic carbocycles. The van der Waals surface area contributed by atoms with Crippen LogP contribution in [0.15, 0.2) is 46.9 Å². The molecular weight excluding hydrogens is 372 g/mol. The van der Waals surface area contributed by atoms with Gasteiger partial charge >= 0.3 is 0 Å². The van der Waals surface area contributed by atoms with E-state index in [0.717, 1.165) is 0 Å². The number of anilines is 1. The maximum absolute atomic E-state index is 13.0. The number of nitrogens with one attached hydrogen (secondary N) is 2. The van der Waals surface area contributed by atoms with Crippen LogP contribution in [0.3, 0.4) is 0 Å². The van der Waals surface area contributed by atoms with E-state index in [4.69, 9.17) is 13.9 Å². The van der Waals surface area contributed by atoms with Crippen LogP contribution in [-0.2, 0) is 0 Å². The molecule has 0 aliphatic heterocycles. The van der Waals surface area contributed by atoms with E-state index in [1.54, 1.807) is 36.4 Å². The molecule has 0 fully saturated rings. The van der Waals surface area contributed by atoms with E-state index in [2.05, 4.69) is 10.6 Å². The SMILES string of the molecule is COc1ccc(C(=O)Nc2c(C(=O)NC(C)(C)C)oc3ccccc23)c(OC)c1. The number of benzene rings is 2. The summed E-state index contributed by atoms with van der Waals surface area (Å²) in [5.41, 5.74) is 0.658. The second-order valence-electron chi connectivity index (χ2n) is 7.53. The minimum Gasteiger partial charge on any atom is -0.497 e. The lowest BCUT2D eigenvalue weighted by Gasteiger charge is -2.20. The maximum atomic E-state index is 13.0. The Morgan fingerprint density at radius 3 is 2.34 bits per heavy atom. The molecule has 0 bridgehead atoms. The number of carbonyl (C=O) groups is 2. The first-order chi connectivity index (χ1) is 13.7. The first kappa shape index (κ1) is 20.3. The number of ether oxygens (including phenoxy) is 2. The van der Waals surface area contributed by atoms with Crippen LogP contribution in [-0.4, -0.2) is 31.6 Å². The van der Waals surface area contributed by atoms with Gasteiger partial charge in [-0.15, -0.1) is 0 Å². The zero-order valence-corrected chi connectivity index (χ0v) is 17.1. The smallest absolute Gasteiger partial charge is 0.289 e. The molecule has 2 amide bonds. The fourth-order valence-corrected chi connectivity index (χ4v) is 2.89. The predicted molar refractivity (Wildman–Crippen MR) is 111 cm³/mol. The molecule has 0 spiro atoms. The fraction of sp³-hybridized carbons (Fsp3) is 0.273. The van der Waals surface area contributed by atoms with E-state index < -0.39 is 17.4 Å². The van der Waals surface area contributed by atoms with Gasteiger partial charge < -0.3 is 24.5 Å². The van der Waals surface area contributed by atoms with Gasteiger partial charge in [-0.2, -0.15) is 0 Å². The summed E-state index contributed by atoms with van der Waals surface area (Å²) in [5, 5.41) is 6.31. The van der Waals surface area contributed by atoms with Crippen LogP contribution in [0.1, 0.15) is 41.7 Å². The molecule has 0 unspecified atom stereocenters. The van der Waals surface area contributed by atoms with Crippen molar-refractivity contribution in [1.82, 2.24) is 5.32 Å². The summed E-state index contributed by atoms with van der Waals surface area (Å²) < 4.78 is 16.2. The van der Waals surface area contributed by atoms with Crippen LogP contribution in [0.5, 0.6) is 11.5 Å². The second-order valence-corrected chi connectivity index (χ2v) is 7.53. The van der Waals surface area contributed by atoms with E-state index in [9.17, 15) is 9.59 Å². The number of furan rings is 1. The summed E-state index contributed by atoms with van der Waals surface area (Å²) in [7, 11) is 3.01. The average molecular weight is 396 g/mol. The monoisotopic (exact) mass is 396 g/mol. The van der Waals surface area contributed by atoms with Crippen LogP contribution in [0, 0.1) is 0 Å². The lowest BCUT2D eigenvalue weighted by atomic mass is 10.1. The maximum Gasteiger partial charge on any atom is 0.289 e. The van der Waals surface area contributed by atoms with Gasteiger partial charge in [-0.05, 0) is 45.0 Å². The number of hydrogen-bond donors (Lipinski definition) is 2. The molecule has 3 rings (SSSR count). The van der Waals surface area contributed by atoms with Gasteiger partial charge in [0, 0.05) is 17.0 Å². The van der Waals surface area contributed by atoms with Gasteiger partial charge in [0.2, 0.25) is 5.76 Å². The van der Waals surface area contributed by atoms with Crippen LogP contribution in [0.25, 0.3) is 11.0 Å². The molecule has 152 valence electrons. The number of carbonyl (C=O) groups excluding carboxylic acids is 2. The molecule has 0 radical (unpaired) electrons. The predicted octanol–water partition coefficient (Wildman–Crippen LogP) is 4.23. The Balaban J connectivity index is 2.02. The van der Waals surface area contributed by atoms with Crippen molar-refractivity contribution in [2.24, 2.45) is 0 Å². The third-order valence-corrected chi connectivity index (χ3v) is 4.18. The van der Waals surface area contributed by atoms with Gasteiger partial charge in [0.05, 0.1) is 19.8 Å². The van der Waals surface area contributed by atoms with Crippen LogP contribution >= 0.6 is 0 Å². The van der Waals surface area contributed by atoms with Gasteiger partial charge in [-0.3, -0.25) is 9.59 Å². The molecule has 7 heteroatoms. The van der Waals surface area contributed by atoms with E-state index in [1.165, 1.54) is 14.2 Å². The van der Waals surface area contributed by atoms with Gasteiger partial charge in [-0.1, -0.05) is 12.1 Å². The largest absolute Gasteiger partial charge is 0.497 e. The van der Waals surface area contributed by atoms with Crippen molar-refractivity contribution in [3.8, 4) is 11.5 Å². The third-order valence-electron chi connectivity index (χ3n) is 4.18. The van der Waals surface area contributed by atoms with Crippen molar-refractivity contribution in [3.05, 3.63) is 53.8 Å². The van der Waals surface area contributed by atoms with Crippen molar-refractivity contribution >= 4 is 28.5 Å². The van der Waals surface area contributed by atoms with E-state index in [-0.39, 0.29) is 5.76 Å². The number of amides is 2. The van der Waals surface area contributed by atoms with Crippen LogP contribution in [0.2, 0.25) is 0 Å². The number of para-hydroxylation sites is 1. The van der Waals surface area contributed by atoms with Gasteiger partial charge in [0.15, 0.2) is 0 Å². The number of rotatable bonds is 5. The lowest BCUT2D eigenvalue weighted by Crippen LogP contribution is -2.40. The summed E-state index contributed by atoms with van der Waals surface area (Å²) in [6.07, 6.45) is 0. The highest BCUT2D eigenvalue weighted by Crippen LogP contribution is 2.33. The average Bonchev–Trinajstić information content (AvgIpc) is 3.04. The topological polar surface area (TPSA) is 89.8 Å². The van der Waals surface area contributed by atoms with Gasteiger partial charge in [-0.25, -0.2) is 0 Å². The molecule has 1 heterocycles. The Morgan fingerprint density at radius 2 is 1.69 bits per heavy atom. The first-order valence-corrected chi connectivity index (χ1v) is 9.11. The number of fused-ring (bicyclic) bond motifs is 1. The molecule has 0 aliphatic rings. The Labute approximate surface area is 169 Å². The summed E-state index contributed by atoms with van der Waals surface area (Å²) in [5.74, 6) is 0.126. The zero-order valence-electron chi connectivity index (χ0n) is 17.1. The number of methoxy groups -OCH3 is 2. The van der Waals surface area contributed by atoms with Gasteiger partial charge in [0.25, 0.3) is 11.8 Å². The highest BCUT2D eigenvalue weighted by atomic mass is 16.5. The van der Waals surface area contributed by atoms with Crippen molar-refractivity contribution in [2.45, 2.75) is 26.3 Å². The fourth-order valence-electron chi connectivity index (χ4n) is 2.89. The molecule has 2 aromatic carbocycles.